The third-order valence-corrected chi connectivity index (χ3v) is 7.28. The molecule has 0 bridgehead atoms. The van der Waals surface area contributed by atoms with Gasteiger partial charge in [0.1, 0.15) is 23.5 Å². The van der Waals surface area contributed by atoms with Gasteiger partial charge in [0.25, 0.3) is 0 Å². The smallest absolute Gasteiger partial charge is 0.115 e. The zero-order valence-corrected chi connectivity index (χ0v) is 20.0. The molecule has 0 atom stereocenters. The van der Waals surface area contributed by atoms with Gasteiger partial charge >= 0.3 is 0 Å². The molecule has 0 nitrogen and oxygen atoms in total. The van der Waals surface area contributed by atoms with Crippen molar-refractivity contribution in [3.63, 3.8) is 0 Å². The van der Waals surface area contributed by atoms with Gasteiger partial charge in [0, 0.05) is 15.4 Å². The van der Waals surface area contributed by atoms with Crippen molar-refractivity contribution in [1.82, 2.24) is 0 Å². The lowest BCUT2D eigenvalue weighted by Crippen LogP contribution is -2.24. The molecule has 0 spiro atoms. The Morgan fingerprint density at radius 3 is 1.48 bits per heavy atom. The number of hydrogen-bond donors (Lipinski definition) is 3. The van der Waals surface area contributed by atoms with E-state index in [1.165, 1.54) is 0 Å². The highest BCUT2D eigenvalue weighted by molar-refractivity contribution is 7.81. The summed E-state index contributed by atoms with van der Waals surface area (Å²) in [6, 6.07) is 6.38. The van der Waals surface area contributed by atoms with Gasteiger partial charge in [-0.05, 0) is 84.5 Å². The summed E-state index contributed by atoms with van der Waals surface area (Å²) in [6.07, 6.45) is 0. The predicted molar refractivity (Wildman–Crippen MR) is 139 cm³/mol. The van der Waals surface area contributed by atoms with Crippen molar-refractivity contribution < 1.29 is 0 Å². The highest BCUT2D eigenvalue weighted by Gasteiger charge is 2.18. The Bertz CT molecular complexity index is 1020. The molecule has 6 radical (unpaired) electrons. The van der Waals surface area contributed by atoms with E-state index in [0.29, 0.717) is 21.3 Å². The van der Waals surface area contributed by atoms with E-state index in [0.717, 1.165) is 59.9 Å². The maximum absolute atomic E-state index is 6.33. The van der Waals surface area contributed by atoms with E-state index in [2.05, 4.69) is 37.8 Å². The average molecular weight is 426 g/mol. The van der Waals surface area contributed by atoms with Crippen LogP contribution in [0.4, 0.5) is 0 Å². The molecule has 0 heterocycles. The SMILES string of the molecule is [B]c1c(C)c(-c2cc(C)cc(-c3c(S)c([B])c(C)c(C)c3S)c2)c(C)c([B])c1S. The van der Waals surface area contributed by atoms with Crippen molar-refractivity contribution in [3.8, 4) is 22.3 Å². The van der Waals surface area contributed by atoms with Crippen molar-refractivity contribution in [2.24, 2.45) is 0 Å². The molecule has 0 amide bonds. The second-order valence-corrected chi connectivity index (χ2v) is 8.97. The summed E-state index contributed by atoms with van der Waals surface area (Å²) in [5, 5.41) is 0. The lowest BCUT2D eigenvalue weighted by molar-refractivity contribution is 1.21. The molecule has 3 rings (SSSR count). The fourth-order valence-electron chi connectivity index (χ4n) is 3.82. The third kappa shape index (κ3) is 3.73. The molecule has 6 heteroatoms. The van der Waals surface area contributed by atoms with Crippen LogP contribution < -0.4 is 16.4 Å². The Balaban J connectivity index is 2.37. The molecule has 0 saturated heterocycles. The van der Waals surface area contributed by atoms with Crippen molar-refractivity contribution in [2.45, 2.75) is 49.3 Å². The van der Waals surface area contributed by atoms with Crippen molar-refractivity contribution in [3.05, 3.63) is 46.0 Å². The maximum atomic E-state index is 6.33. The van der Waals surface area contributed by atoms with Crippen LogP contribution in [-0.4, -0.2) is 23.5 Å². The van der Waals surface area contributed by atoms with Crippen LogP contribution in [0.3, 0.4) is 0 Å². The minimum Gasteiger partial charge on any atom is -0.145 e. The van der Waals surface area contributed by atoms with Crippen LogP contribution in [0.1, 0.15) is 27.8 Å². The predicted octanol–water partition coefficient (Wildman–Crippen LogP) is 3.81. The van der Waals surface area contributed by atoms with Crippen LogP contribution in [0.25, 0.3) is 22.3 Å². The summed E-state index contributed by atoms with van der Waals surface area (Å²) < 4.78 is 0. The van der Waals surface area contributed by atoms with E-state index >= 15 is 0 Å². The third-order valence-electron chi connectivity index (χ3n) is 5.77. The Morgan fingerprint density at radius 1 is 0.517 bits per heavy atom. The molecule has 0 aliphatic heterocycles. The van der Waals surface area contributed by atoms with Gasteiger partial charge in [-0.25, -0.2) is 0 Å². The second-order valence-electron chi connectivity index (χ2n) is 7.62. The normalized spacial score (nSPS) is 11.2. The molecule has 0 aliphatic rings. The summed E-state index contributed by atoms with van der Waals surface area (Å²) in [6.45, 7) is 10.1. The number of rotatable bonds is 2. The van der Waals surface area contributed by atoms with Crippen LogP contribution in [-0.2, 0) is 0 Å². The van der Waals surface area contributed by atoms with Gasteiger partial charge in [0.15, 0.2) is 0 Å². The summed E-state index contributed by atoms with van der Waals surface area (Å²) in [4.78, 5) is 2.26. The Hall–Kier alpha value is -1.10. The molecule has 0 unspecified atom stereocenters. The fraction of sp³-hybridized carbons (Fsp3) is 0.217. The highest BCUT2D eigenvalue weighted by atomic mass is 32.1. The molecule has 3 aromatic rings. The molecular weight excluding hydrogens is 405 g/mol. The van der Waals surface area contributed by atoms with Gasteiger partial charge < -0.3 is 0 Å². The van der Waals surface area contributed by atoms with Gasteiger partial charge in [0.05, 0.1) is 0 Å². The molecule has 0 saturated carbocycles. The number of thiol groups is 3. The van der Waals surface area contributed by atoms with Crippen LogP contribution in [0.5, 0.6) is 0 Å². The van der Waals surface area contributed by atoms with Crippen LogP contribution >= 0.6 is 37.9 Å². The van der Waals surface area contributed by atoms with E-state index in [4.69, 9.17) is 48.8 Å². The Labute approximate surface area is 194 Å². The van der Waals surface area contributed by atoms with E-state index < -0.39 is 0 Å². The number of aryl methyl sites for hydroxylation is 1. The summed E-state index contributed by atoms with van der Waals surface area (Å²) in [5.74, 6) is 0. The standard InChI is InChI=1S/C23H21B3S3/c1-9-6-14(16-12(4)19(25)23(29)20(26)13(16)5)8-15(7-9)17-21(27)11(3)10(2)18(24)22(17)28/h6-8,27-29H,1-5H3. The molecule has 140 valence electrons. The monoisotopic (exact) mass is 426 g/mol. The molecule has 0 aliphatic carbocycles. The van der Waals surface area contributed by atoms with Gasteiger partial charge in [-0.15, -0.1) is 37.9 Å². The first-order valence-electron chi connectivity index (χ1n) is 9.27. The Kier molecular flexibility index (Phi) is 6.39. The largest absolute Gasteiger partial charge is 0.145 e. The van der Waals surface area contributed by atoms with Crippen molar-refractivity contribution >= 4 is 77.8 Å². The first-order chi connectivity index (χ1) is 13.5. The topological polar surface area (TPSA) is 0 Å². The first kappa shape index (κ1) is 22.6. The minimum atomic E-state index is 0.606. The molecule has 0 aromatic heterocycles. The van der Waals surface area contributed by atoms with E-state index in [-0.39, 0.29) is 0 Å². The lowest BCUT2D eigenvalue weighted by Gasteiger charge is -2.22. The van der Waals surface area contributed by atoms with Gasteiger partial charge in [-0.2, -0.15) is 0 Å². The number of hydrogen-bond acceptors (Lipinski definition) is 3. The fourth-order valence-corrected chi connectivity index (χ4v) is 5.06. The van der Waals surface area contributed by atoms with E-state index in [9.17, 15) is 0 Å². The van der Waals surface area contributed by atoms with Gasteiger partial charge in [-0.1, -0.05) is 34.1 Å². The number of benzene rings is 3. The molecular formula is C23H21B3S3. The van der Waals surface area contributed by atoms with E-state index in [1.807, 2.05) is 27.7 Å². The lowest BCUT2D eigenvalue weighted by atomic mass is 9.76. The summed E-state index contributed by atoms with van der Waals surface area (Å²) in [5.41, 5.74) is 11.0. The van der Waals surface area contributed by atoms with Crippen molar-refractivity contribution in [1.29, 1.82) is 0 Å². The zero-order valence-electron chi connectivity index (χ0n) is 17.3. The summed E-state index contributed by atoms with van der Waals surface area (Å²) in [7, 11) is 18.9. The van der Waals surface area contributed by atoms with Crippen LogP contribution in [0.15, 0.2) is 32.9 Å². The van der Waals surface area contributed by atoms with E-state index in [1.54, 1.807) is 0 Å². The summed E-state index contributed by atoms with van der Waals surface area (Å²) >= 11 is 14.0. The van der Waals surface area contributed by atoms with Crippen molar-refractivity contribution in [2.75, 3.05) is 0 Å². The quantitative estimate of drug-likeness (QED) is 0.403. The molecule has 0 N–H and O–H groups in total. The highest BCUT2D eigenvalue weighted by Crippen LogP contribution is 2.38. The minimum absolute atomic E-state index is 0.606. The second kappa shape index (κ2) is 8.21. The van der Waals surface area contributed by atoms with Crippen LogP contribution in [0.2, 0.25) is 0 Å². The van der Waals surface area contributed by atoms with Gasteiger partial charge in [-0.3, -0.25) is 0 Å². The first-order valence-corrected chi connectivity index (χ1v) is 10.6. The maximum Gasteiger partial charge on any atom is 0.115 e. The molecule has 29 heavy (non-hydrogen) atoms. The van der Waals surface area contributed by atoms with Gasteiger partial charge in [0.2, 0.25) is 0 Å². The Morgan fingerprint density at radius 2 is 0.966 bits per heavy atom. The van der Waals surface area contributed by atoms with Crippen LogP contribution in [0, 0.1) is 34.6 Å². The average Bonchev–Trinajstić information content (AvgIpc) is 2.67. The molecule has 3 aromatic carbocycles. The zero-order chi connectivity index (χ0) is 21.8. The molecule has 0 fully saturated rings.